The van der Waals surface area contributed by atoms with Gasteiger partial charge in [-0.25, -0.2) is 0 Å². The molecule has 0 bridgehead atoms. The lowest BCUT2D eigenvalue weighted by molar-refractivity contribution is -0.132. The minimum absolute atomic E-state index is 0.241. The third-order valence-electron chi connectivity index (χ3n) is 5.26. The van der Waals surface area contributed by atoms with Crippen molar-refractivity contribution in [2.24, 2.45) is 4.99 Å². The zero-order valence-corrected chi connectivity index (χ0v) is 18.4. The van der Waals surface area contributed by atoms with Crippen LogP contribution >= 0.6 is 11.3 Å². The van der Waals surface area contributed by atoms with Crippen molar-refractivity contribution in [1.82, 2.24) is 15.1 Å². The third-order valence-corrected chi connectivity index (χ3v) is 6.20. The first-order valence-corrected chi connectivity index (χ1v) is 11.4. The number of rotatable bonds is 8. The van der Waals surface area contributed by atoms with Crippen LogP contribution in [0.3, 0.4) is 0 Å². The van der Waals surface area contributed by atoms with Crippen LogP contribution in [0.25, 0.3) is 0 Å². The zero-order valence-electron chi connectivity index (χ0n) is 17.6. The number of carbonyl (C=O) groups excluding carboxylic acids is 1. The van der Waals surface area contributed by atoms with Crippen molar-refractivity contribution in [2.45, 2.75) is 39.2 Å². The van der Waals surface area contributed by atoms with Gasteiger partial charge in [0.15, 0.2) is 5.96 Å². The maximum Gasteiger partial charge on any atom is 0.222 e. The fraction of sp³-hybridized carbons (Fsp3) is 0.478. The Morgan fingerprint density at radius 3 is 2.83 bits per heavy atom. The predicted octanol–water partition coefficient (Wildman–Crippen LogP) is 3.55. The molecule has 0 atom stereocenters. The van der Waals surface area contributed by atoms with Crippen molar-refractivity contribution in [1.29, 1.82) is 0 Å². The van der Waals surface area contributed by atoms with Crippen LogP contribution in [-0.4, -0.2) is 54.9 Å². The molecule has 0 aliphatic carbocycles. The van der Waals surface area contributed by atoms with Gasteiger partial charge in [0.1, 0.15) is 0 Å². The van der Waals surface area contributed by atoms with Crippen LogP contribution in [0.2, 0.25) is 0 Å². The van der Waals surface area contributed by atoms with Gasteiger partial charge in [-0.05, 0) is 48.8 Å². The average Bonchev–Trinajstić information content (AvgIpc) is 3.27. The van der Waals surface area contributed by atoms with Gasteiger partial charge in [0, 0.05) is 51.1 Å². The molecule has 0 saturated heterocycles. The number of likely N-dealkylation sites (N-methyl/N-ethyl adjacent to an activating group) is 1. The molecule has 1 aliphatic heterocycles. The van der Waals surface area contributed by atoms with E-state index >= 15 is 0 Å². The summed E-state index contributed by atoms with van der Waals surface area (Å²) in [5.41, 5.74) is 2.66. The molecule has 6 heteroatoms. The molecule has 29 heavy (non-hydrogen) atoms. The number of aliphatic imine (C=N–C) groups is 1. The topological polar surface area (TPSA) is 47.9 Å². The Morgan fingerprint density at radius 2 is 2.07 bits per heavy atom. The second kappa shape index (κ2) is 11.0. The van der Waals surface area contributed by atoms with Gasteiger partial charge in [-0.2, -0.15) is 0 Å². The molecule has 0 fully saturated rings. The summed E-state index contributed by atoms with van der Waals surface area (Å²) in [5.74, 6) is 1.16. The van der Waals surface area contributed by atoms with Crippen LogP contribution in [0.4, 0.5) is 0 Å². The Kier molecular flexibility index (Phi) is 8.11. The zero-order chi connectivity index (χ0) is 20.5. The second-order valence-electron chi connectivity index (χ2n) is 7.42. The average molecular weight is 413 g/mol. The van der Waals surface area contributed by atoms with Gasteiger partial charge in [0.2, 0.25) is 5.91 Å². The summed E-state index contributed by atoms with van der Waals surface area (Å²) in [6.45, 7) is 6.09. The van der Waals surface area contributed by atoms with Crippen molar-refractivity contribution in [2.75, 3.05) is 33.2 Å². The largest absolute Gasteiger partial charge is 0.357 e. The Bertz CT molecular complexity index is 803. The molecule has 0 unspecified atom stereocenters. The number of hydrogen-bond donors (Lipinski definition) is 1. The number of amides is 1. The van der Waals surface area contributed by atoms with E-state index in [1.807, 2.05) is 4.90 Å². The summed E-state index contributed by atoms with van der Waals surface area (Å²) in [6.07, 6.45) is 3.32. The quantitative estimate of drug-likeness (QED) is 0.410. The number of fused-ring (bicyclic) bond motifs is 1. The molecule has 2 heterocycles. The first-order chi connectivity index (χ1) is 14.2. The number of guanidine groups is 1. The maximum atomic E-state index is 12.6. The van der Waals surface area contributed by atoms with Crippen LogP contribution < -0.4 is 5.32 Å². The van der Waals surface area contributed by atoms with Crippen molar-refractivity contribution in [3.8, 4) is 0 Å². The first kappa shape index (κ1) is 21.4. The Hall–Kier alpha value is -2.34. The van der Waals surface area contributed by atoms with E-state index in [9.17, 15) is 4.79 Å². The molecule has 156 valence electrons. The predicted molar refractivity (Wildman–Crippen MR) is 121 cm³/mol. The Morgan fingerprint density at radius 1 is 1.24 bits per heavy atom. The van der Waals surface area contributed by atoms with Crippen LogP contribution in [0, 0.1) is 0 Å². The lowest BCUT2D eigenvalue weighted by Gasteiger charge is -2.29. The fourth-order valence-corrected chi connectivity index (χ4v) is 4.29. The fourth-order valence-electron chi connectivity index (χ4n) is 3.59. The number of carbonyl (C=O) groups is 1. The van der Waals surface area contributed by atoms with Gasteiger partial charge < -0.3 is 15.1 Å². The lowest BCUT2D eigenvalue weighted by atomic mass is 9.99. The molecule has 1 N–H and O–H groups in total. The minimum atomic E-state index is 0.241. The normalized spacial score (nSPS) is 13.9. The summed E-state index contributed by atoms with van der Waals surface area (Å²) in [5, 5.41) is 5.48. The van der Waals surface area contributed by atoms with Crippen molar-refractivity contribution in [3.05, 3.63) is 57.8 Å². The van der Waals surface area contributed by atoms with E-state index in [0.29, 0.717) is 13.0 Å². The summed E-state index contributed by atoms with van der Waals surface area (Å²) < 4.78 is 0. The summed E-state index contributed by atoms with van der Waals surface area (Å²) in [4.78, 5) is 22.9. The van der Waals surface area contributed by atoms with Gasteiger partial charge in [0.05, 0.1) is 0 Å². The standard InChI is InChI=1S/C23H32N4OS/c1-3-24-23(26(2)15-13-21-10-7-17-29-21)25-14-6-11-22(28)27-16-12-19-8-4-5-9-20(19)18-27/h4-5,7-10,17H,3,6,11-16,18H2,1-2H3,(H,24,25). The molecule has 3 rings (SSSR count). The van der Waals surface area contributed by atoms with Gasteiger partial charge in [0.25, 0.3) is 0 Å². The molecule has 5 nitrogen and oxygen atoms in total. The molecule has 1 aliphatic rings. The van der Waals surface area contributed by atoms with Gasteiger partial charge in [-0.15, -0.1) is 11.3 Å². The number of nitrogens with zero attached hydrogens (tertiary/aromatic N) is 3. The van der Waals surface area contributed by atoms with E-state index in [2.05, 4.69) is 66.0 Å². The summed E-state index contributed by atoms with van der Waals surface area (Å²) >= 11 is 1.79. The van der Waals surface area contributed by atoms with E-state index in [0.717, 1.165) is 51.4 Å². The van der Waals surface area contributed by atoms with Crippen LogP contribution in [-0.2, 0) is 24.2 Å². The molecule has 0 saturated carbocycles. The van der Waals surface area contributed by atoms with E-state index in [-0.39, 0.29) is 5.91 Å². The van der Waals surface area contributed by atoms with Crippen LogP contribution in [0.1, 0.15) is 35.8 Å². The van der Waals surface area contributed by atoms with Gasteiger partial charge in [-0.3, -0.25) is 9.79 Å². The van der Waals surface area contributed by atoms with Crippen LogP contribution in [0.15, 0.2) is 46.8 Å². The highest BCUT2D eigenvalue weighted by atomic mass is 32.1. The highest BCUT2D eigenvalue weighted by molar-refractivity contribution is 7.09. The highest BCUT2D eigenvalue weighted by Crippen LogP contribution is 2.19. The number of nitrogens with one attached hydrogen (secondary N) is 1. The third kappa shape index (κ3) is 6.32. The first-order valence-electron chi connectivity index (χ1n) is 10.5. The second-order valence-corrected chi connectivity index (χ2v) is 8.46. The number of hydrogen-bond acceptors (Lipinski definition) is 3. The van der Waals surface area contributed by atoms with E-state index < -0.39 is 0 Å². The van der Waals surface area contributed by atoms with Crippen molar-refractivity contribution < 1.29 is 4.79 Å². The minimum Gasteiger partial charge on any atom is -0.357 e. The molecular weight excluding hydrogens is 380 g/mol. The molecular formula is C23H32N4OS. The van der Waals surface area contributed by atoms with E-state index in [4.69, 9.17) is 4.99 Å². The molecule has 1 aromatic heterocycles. The highest BCUT2D eigenvalue weighted by Gasteiger charge is 2.19. The smallest absolute Gasteiger partial charge is 0.222 e. The Balaban J connectivity index is 1.43. The number of benzene rings is 1. The van der Waals surface area contributed by atoms with Crippen molar-refractivity contribution >= 4 is 23.2 Å². The number of thiophene rings is 1. The van der Waals surface area contributed by atoms with Gasteiger partial charge >= 0.3 is 0 Å². The molecule has 0 radical (unpaired) electrons. The summed E-state index contributed by atoms with van der Waals surface area (Å²) in [7, 11) is 2.07. The summed E-state index contributed by atoms with van der Waals surface area (Å²) in [6, 6.07) is 12.7. The van der Waals surface area contributed by atoms with Crippen LogP contribution in [0.5, 0.6) is 0 Å². The molecule has 0 spiro atoms. The monoisotopic (exact) mass is 412 g/mol. The van der Waals surface area contributed by atoms with Gasteiger partial charge in [-0.1, -0.05) is 30.3 Å². The van der Waals surface area contributed by atoms with E-state index in [1.54, 1.807) is 11.3 Å². The SMILES string of the molecule is CCNC(=NCCCC(=O)N1CCc2ccccc2C1)N(C)CCc1cccs1. The maximum absolute atomic E-state index is 12.6. The van der Waals surface area contributed by atoms with Crippen molar-refractivity contribution in [3.63, 3.8) is 0 Å². The molecule has 1 aromatic carbocycles. The molecule has 2 aromatic rings. The molecule has 1 amide bonds. The Labute approximate surface area is 178 Å². The van der Waals surface area contributed by atoms with E-state index in [1.165, 1.54) is 16.0 Å². The lowest BCUT2D eigenvalue weighted by Crippen LogP contribution is -2.40.